The number of aryl methyl sites for hydroxylation is 1. The van der Waals surface area contributed by atoms with Crippen molar-refractivity contribution in [2.45, 2.75) is 40.2 Å². The van der Waals surface area contributed by atoms with E-state index in [9.17, 15) is 0 Å². The lowest BCUT2D eigenvalue weighted by Crippen LogP contribution is -2.19. The van der Waals surface area contributed by atoms with Crippen LogP contribution in [-0.2, 0) is 13.0 Å². The van der Waals surface area contributed by atoms with Crippen molar-refractivity contribution >= 4 is 0 Å². The second-order valence-corrected chi connectivity index (χ2v) is 4.71. The number of tetrazole rings is 1. The molecule has 5 nitrogen and oxygen atoms in total. The molecular weight excluding hydrogens is 178 g/mol. The number of rotatable bonds is 4. The lowest BCUT2D eigenvalue weighted by Gasteiger charge is -2.18. The Morgan fingerprint density at radius 1 is 1.36 bits per heavy atom. The van der Waals surface area contributed by atoms with Gasteiger partial charge in [0.15, 0.2) is 5.82 Å². The molecule has 0 fully saturated rings. The summed E-state index contributed by atoms with van der Waals surface area (Å²) in [6.07, 6.45) is 1.80. The third-order valence-corrected chi connectivity index (χ3v) is 1.83. The zero-order chi connectivity index (χ0) is 10.6. The molecule has 1 heterocycles. The Morgan fingerprint density at radius 3 is 2.64 bits per heavy atom. The summed E-state index contributed by atoms with van der Waals surface area (Å²) in [6, 6.07) is 0. The molecule has 0 aliphatic rings. The number of hydrogen-bond acceptors (Lipinski definition) is 4. The molecule has 5 heteroatoms. The van der Waals surface area contributed by atoms with Gasteiger partial charge in [-0.15, -0.1) is 5.10 Å². The normalized spacial score (nSPS) is 12.0. The van der Waals surface area contributed by atoms with E-state index in [2.05, 4.69) is 36.3 Å². The van der Waals surface area contributed by atoms with Gasteiger partial charge in [-0.25, -0.2) is 4.68 Å². The van der Waals surface area contributed by atoms with E-state index in [4.69, 9.17) is 5.73 Å². The minimum atomic E-state index is 0.201. The molecular formula is C9H19N5. The van der Waals surface area contributed by atoms with Crippen LogP contribution in [-0.4, -0.2) is 26.8 Å². The lowest BCUT2D eigenvalue weighted by molar-refractivity contribution is 0.315. The van der Waals surface area contributed by atoms with Crippen LogP contribution in [0.25, 0.3) is 0 Å². The van der Waals surface area contributed by atoms with Crippen molar-refractivity contribution in [1.82, 2.24) is 20.2 Å². The summed E-state index contributed by atoms with van der Waals surface area (Å²) < 4.78 is 1.87. The lowest BCUT2D eigenvalue weighted by atomic mass is 9.97. The van der Waals surface area contributed by atoms with Crippen LogP contribution in [0.3, 0.4) is 0 Å². The van der Waals surface area contributed by atoms with E-state index >= 15 is 0 Å². The average Bonchev–Trinajstić information content (AvgIpc) is 2.45. The minimum absolute atomic E-state index is 0.201. The second-order valence-electron chi connectivity index (χ2n) is 4.71. The highest BCUT2D eigenvalue weighted by molar-refractivity contribution is 4.82. The van der Waals surface area contributed by atoms with Gasteiger partial charge in [0.05, 0.1) is 0 Å². The summed E-state index contributed by atoms with van der Waals surface area (Å²) in [7, 11) is 0. The van der Waals surface area contributed by atoms with Crippen LogP contribution in [0.2, 0.25) is 0 Å². The van der Waals surface area contributed by atoms with Gasteiger partial charge in [0.1, 0.15) is 0 Å². The number of nitrogens with two attached hydrogens (primary N) is 1. The molecule has 0 radical (unpaired) electrons. The van der Waals surface area contributed by atoms with E-state index in [0.717, 1.165) is 25.2 Å². The van der Waals surface area contributed by atoms with E-state index in [1.807, 2.05) is 4.68 Å². The standard InChI is InChI=1S/C9H19N5/c1-9(2,3)7-14-8(5-4-6-10)11-12-13-14/h4-7,10H2,1-3H3. The Kier molecular flexibility index (Phi) is 3.57. The van der Waals surface area contributed by atoms with Crippen LogP contribution < -0.4 is 5.73 Å². The van der Waals surface area contributed by atoms with Crippen LogP contribution in [0.5, 0.6) is 0 Å². The molecule has 0 saturated heterocycles. The Bertz CT molecular complexity index is 273. The first-order valence-electron chi connectivity index (χ1n) is 4.98. The molecule has 0 amide bonds. The van der Waals surface area contributed by atoms with Gasteiger partial charge in [-0.1, -0.05) is 20.8 Å². The van der Waals surface area contributed by atoms with Crippen molar-refractivity contribution in [3.8, 4) is 0 Å². The van der Waals surface area contributed by atoms with Crippen LogP contribution in [0.4, 0.5) is 0 Å². The van der Waals surface area contributed by atoms with E-state index in [1.54, 1.807) is 0 Å². The van der Waals surface area contributed by atoms with E-state index in [0.29, 0.717) is 6.54 Å². The van der Waals surface area contributed by atoms with Gasteiger partial charge < -0.3 is 5.73 Å². The topological polar surface area (TPSA) is 69.6 Å². The Labute approximate surface area is 84.7 Å². The fraction of sp³-hybridized carbons (Fsp3) is 0.889. The van der Waals surface area contributed by atoms with Crippen molar-refractivity contribution in [2.24, 2.45) is 11.1 Å². The summed E-state index contributed by atoms with van der Waals surface area (Å²) >= 11 is 0. The van der Waals surface area contributed by atoms with Crippen molar-refractivity contribution in [3.05, 3.63) is 5.82 Å². The maximum Gasteiger partial charge on any atom is 0.151 e. The zero-order valence-corrected chi connectivity index (χ0v) is 9.19. The van der Waals surface area contributed by atoms with Crippen LogP contribution >= 0.6 is 0 Å². The van der Waals surface area contributed by atoms with Crippen molar-refractivity contribution in [1.29, 1.82) is 0 Å². The largest absolute Gasteiger partial charge is 0.330 e. The van der Waals surface area contributed by atoms with Gasteiger partial charge >= 0.3 is 0 Å². The molecule has 0 aliphatic carbocycles. The van der Waals surface area contributed by atoms with E-state index < -0.39 is 0 Å². The molecule has 0 unspecified atom stereocenters. The van der Waals surface area contributed by atoms with Gasteiger partial charge in [0.2, 0.25) is 0 Å². The highest BCUT2D eigenvalue weighted by Gasteiger charge is 2.15. The quantitative estimate of drug-likeness (QED) is 0.767. The second kappa shape index (κ2) is 4.50. The molecule has 0 aliphatic heterocycles. The molecule has 2 N–H and O–H groups in total. The molecule has 1 rings (SSSR count). The Balaban J connectivity index is 2.63. The van der Waals surface area contributed by atoms with E-state index in [-0.39, 0.29) is 5.41 Å². The SMILES string of the molecule is CC(C)(C)Cn1nnnc1CCCN. The molecule has 0 bridgehead atoms. The summed E-state index contributed by atoms with van der Waals surface area (Å²) in [4.78, 5) is 0. The van der Waals surface area contributed by atoms with Gasteiger partial charge in [0, 0.05) is 13.0 Å². The van der Waals surface area contributed by atoms with Gasteiger partial charge in [0.25, 0.3) is 0 Å². The summed E-state index contributed by atoms with van der Waals surface area (Å²) in [5.41, 5.74) is 5.65. The third-order valence-electron chi connectivity index (χ3n) is 1.83. The van der Waals surface area contributed by atoms with Gasteiger partial charge in [-0.3, -0.25) is 0 Å². The van der Waals surface area contributed by atoms with Crippen molar-refractivity contribution < 1.29 is 0 Å². The first-order chi connectivity index (χ1) is 6.53. The Morgan fingerprint density at radius 2 is 2.07 bits per heavy atom. The van der Waals surface area contributed by atoms with Gasteiger partial charge in [-0.2, -0.15) is 0 Å². The molecule has 1 aromatic rings. The molecule has 0 saturated carbocycles. The average molecular weight is 197 g/mol. The first kappa shape index (κ1) is 11.1. The molecule has 14 heavy (non-hydrogen) atoms. The molecule has 80 valence electrons. The minimum Gasteiger partial charge on any atom is -0.330 e. The summed E-state index contributed by atoms with van der Waals surface area (Å²) in [5.74, 6) is 0.936. The third kappa shape index (κ3) is 3.41. The predicted octanol–water partition coefficient (Wildman–Crippen LogP) is 0.610. The highest BCUT2D eigenvalue weighted by Crippen LogP contribution is 2.16. The summed E-state index contributed by atoms with van der Waals surface area (Å²) in [5, 5.41) is 11.6. The molecule has 0 aromatic carbocycles. The van der Waals surface area contributed by atoms with Gasteiger partial charge in [-0.05, 0) is 28.8 Å². The maximum absolute atomic E-state index is 5.44. The van der Waals surface area contributed by atoms with Crippen LogP contribution in [0.1, 0.15) is 33.0 Å². The zero-order valence-electron chi connectivity index (χ0n) is 9.19. The number of nitrogens with zero attached hydrogens (tertiary/aromatic N) is 4. The van der Waals surface area contributed by atoms with Crippen LogP contribution in [0.15, 0.2) is 0 Å². The maximum atomic E-state index is 5.44. The van der Waals surface area contributed by atoms with Crippen molar-refractivity contribution in [3.63, 3.8) is 0 Å². The first-order valence-corrected chi connectivity index (χ1v) is 4.98. The fourth-order valence-electron chi connectivity index (χ4n) is 1.23. The van der Waals surface area contributed by atoms with Crippen LogP contribution in [0, 0.1) is 5.41 Å². The monoisotopic (exact) mass is 197 g/mol. The van der Waals surface area contributed by atoms with Crippen molar-refractivity contribution in [2.75, 3.05) is 6.54 Å². The predicted molar refractivity (Wildman–Crippen MR) is 54.6 cm³/mol. The number of hydrogen-bond donors (Lipinski definition) is 1. The van der Waals surface area contributed by atoms with E-state index in [1.165, 1.54) is 0 Å². The smallest absolute Gasteiger partial charge is 0.151 e. The molecule has 1 aromatic heterocycles. The summed E-state index contributed by atoms with van der Waals surface area (Å²) in [6.45, 7) is 8.03. The fourth-order valence-corrected chi connectivity index (χ4v) is 1.23. The Hall–Kier alpha value is -0.970. The molecule has 0 spiro atoms. The molecule has 0 atom stereocenters. The number of aromatic nitrogens is 4. The highest BCUT2D eigenvalue weighted by atomic mass is 15.5.